The standard InChI is InChI=1S/C24H38.C11H16.C3H6.C2H6/c1-10-13-23(17-19(4)5)21(7)15-14-20(6)22(8)18-24(9,12-3)16-11-2;1-4-5-11-8-9(2)6-7-10(11)3;1-3-2;1-2/h10,13-15,17H,1,7,11-12,16,18H2,2-6,8-9H3;6-8H,4-5H2,1-3H3;3H,1H2,2H3;1-2H3/b15-14-,22-20+,23-13+;;;. The van der Waals surface area contributed by atoms with Crippen molar-refractivity contribution in [3.63, 3.8) is 0 Å². The van der Waals surface area contributed by atoms with E-state index in [1.54, 1.807) is 6.08 Å². The molecular formula is C40H66. The van der Waals surface area contributed by atoms with Gasteiger partial charge in [0.2, 0.25) is 0 Å². The Hall–Kier alpha value is -2.60. The summed E-state index contributed by atoms with van der Waals surface area (Å²) < 4.78 is 0. The number of allylic oxidation sites excluding steroid dienone is 11. The molecule has 0 saturated heterocycles. The molecule has 1 atom stereocenters. The predicted octanol–water partition coefficient (Wildman–Crippen LogP) is 13.6. The lowest BCUT2D eigenvalue weighted by molar-refractivity contribution is 0.278. The van der Waals surface area contributed by atoms with Gasteiger partial charge in [0, 0.05) is 0 Å². The van der Waals surface area contributed by atoms with Crippen LogP contribution in [0.1, 0.15) is 125 Å². The minimum Gasteiger partial charge on any atom is -0.103 e. The van der Waals surface area contributed by atoms with Crippen molar-refractivity contribution in [2.75, 3.05) is 0 Å². The fourth-order valence-electron chi connectivity index (χ4n) is 4.26. The van der Waals surface area contributed by atoms with Crippen molar-refractivity contribution in [2.45, 2.75) is 129 Å². The number of rotatable bonds is 12. The Labute approximate surface area is 252 Å². The van der Waals surface area contributed by atoms with Gasteiger partial charge in [0.25, 0.3) is 0 Å². The lowest BCUT2D eigenvalue weighted by atomic mass is 9.77. The van der Waals surface area contributed by atoms with Crippen LogP contribution in [0.4, 0.5) is 0 Å². The zero-order valence-corrected chi connectivity index (χ0v) is 29.1. The Bertz CT molecular complexity index is 969. The number of benzene rings is 1. The largest absolute Gasteiger partial charge is 0.103 e. The number of hydrogen-bond acceptors (Lipinski definition) is 0. The highest BCUT2D eigenvalue weighted by Crippen LogP contribution is 2.35. The maximum Gasteiger partial charge on any atom is -0.0191 e. The smallest absolute Gasteiger partial charge is 0.0191 e. The zero-order chi connectivity index (χ0) is 31.7. The lowest BCUT2D eigenvalue weighted by Gasteiger charge is -2.29. The van der Waals surface area contributed by atoms with Crippen molar-refractivity contribution in [1.29, 1.82) is 0 Å². The molecule has 0 heterocycles. The SMILES string of the molecule is C=C/C=C(\C=C(C)C)C(=C)/C=C\C(C)=C(/C)CC(C)(CC)CCC.C=CC.CC.CCCc1cc(C)ccc1C. The van der Waals surface area contributed by atoms with E-state index in [1.807, 2.05) is 32.9 Å². The molecule has 0 aromatic heterocycles. The van der Waals surface area contributed by atoms with Gasteiger partial charge in [-0.1, -0.05) is 151 Å². The van der Waals surface area contributed by atoms with Gasteiger partial charge in [-0.2, -0.15) is 0 Å². The Morgan fingerprint density at radius 2 is 1.50 bits per heavy atom. The quantitative estimate of drug-likeness (QED) is 0.181. The molecule has 0 N–H and O–H groups in total. The minimum atomic E-state index is 0.418. The third kappa shape index (κ3) is 20.3. The molecule has 0 heteroatoms. The van der Waals surface area contributed by atoms with Crippen molar-refractivity contribution in [3.05, 3.63) is 119 Å². The summed E-state index contributed by atoms with van der Waals surface area (Å²) in [7, 11) is 0. The van der Waals surface area contributed by atoms with E-state index in [9.17, 15) is 0 Å². The summed E-state index contributed by atoms with van der Waals surface area (Å²) in [5.41, 5.74) is 11.0. The predicted molar refractivity (Wildman–Crippen MR) is 189 cm³/mol. The summed E-state index contributed by atoms with van der Waals surface area (Å²) in [5, 5.41) is 0. The summed E-state index contributed by atoms with van der Waals surface area (Å²) in [6.45, 7) is 39.5. The molecule has 0 nitrogen and oxygen atoms in total. The maximum absolute atomic E-state index is 4.21. The van der Waals surface area contributed by atoms with E-state index < -0.39 is 0 Å². The van der Waals surface area contributed by atoms with E-state index in [-0.39, 0.29) is 0 Å². The molecule has 40 heavy (non-hydrogen) atoms. The minimum absolute atomic E-state index is 0.418. The maximum atomic E-state index is 4.21. The molecule has 1 unspecified atom stereocenters. The van der Waals surface area contributed by atoms with Gasteiger partial charge < -0.3 is 0 Å². The molecule has 0 radical (unpaired) electrons. The van der Waals surface area contributed by atoms with E-state index in [0.29, 0.717) is 5.41 Å². The molecular weight excluding hydrogens is 480 g/mol. The highest BCUT2D eigenvalue weighted by Gasteiger charge is 2.21. The van der Waals surface area contributed by atoms with E-state index in [4.69, 9.17) is 0 Å². The van der Waals surface area contributed by atoms with Crippen LogP contribution < -0.4 is 0 Å². The molecule has 0 bridgehead atoms. The summed E-state index contributed by atoms with van der Waals surface area (Å²) in [4.78, 5) is 0. The van der Waals surface area contributed by atoms with Crippen LogP contribution in [0.5, 0.6) is 0 Å². The molecule has 0 aliphatic carbocycles. The van der Waals surface area contributed by atoms with Gasteiger partial charge in [-0.3, -0.25) is 0 Å². The summed E-state index contributed by atoms with van der Waals surface area (Å²) in [6.07, 6.45) is 19.5. The van der Waals surface area contributed by atoms with Gasteiger partial charge in [0.1, 0.15) is 0 Å². The average Bonchev–Trinajstić information content (AvgIpc) is 2.91. The van der Waals surface area contributed by atoms with Gasteiger partial charge >= 0.3 is 0 Å². The zero-order valence-electron chi connectivity index (χ0n) is 29.1. The van der Waals surface area contributed by atoms with Crippen LogP contribution in [0.25, 0.3) is 0 Å². The van der Waals surface area contributed by atoms with Gasteiger partial charge in [-0.25, -0.2) is 0 Å². The molecule has 1 rings (SSSR count). The molecule has 1 aromatic rings. The monoisotopic (exact) mass is 547 g/mol. The van der Waals surface area contributed by atoms with Crippen molar-refractivity contribution in [3.8, 4) is 0 Å². The average molecular weight is 547 g/mol. The fourth-order valence-corrected chi connectivity index (χ4v) is 4.26. The second kappa shape index (κ2) is 25.4. The second-order valence-electron chi connectivity index (χ2n) is 11.1. The normalized spacial score (nSPS) is 12.7. The number of aryl methyl sites for hydroxylation is 3. The molecule has 0 aliphatic heterocycles. The Balaban J connectivity index is -0.000000702. The number of hydrogen-bond donors (Lipinski definition) is 0. The molecule has 0 fully saturated rings. The third-order valence-corrected chi connectivity index (χ3v) is 6.74. The van der Waals surface area contributed by atoms with Crippen molar-refractivity contribution >= 4 is 0 Å². The first-order valence-electron chi connectivity index (χ1n) is 15.5. The van der Waals surface area contributed by atoms with Gasteiger partial charge in [0.15, 0.2) is 0 Å². The van der Waals surface area contributed by atoms with Gasteiger partial charge in [-0.05, 0) is 95.4 Å². The topological polar surface area (TPSA) is 0 Å². The molecule has 1 aromatic carbocycles. The molecule has 226 valence electrons. The summed E-state index contributed by atoms with van der Waals surface area (Å²) >= 11 is 0. The molecule has 0 amide bonds. The van der Waals surface area contributed by atoms with Crippen LogP contribution in [0.3, 0.4) is 0 Å². The van der Waals surface area contributed by atoms with Crippen LogP contribution in [-0.2, 0) is 6.42 Å². The van der Waals surface area contributed by atoms with Crippen molar-refractivity contribution < 1.29 is 0 Å². The van der Waals surface area contributed by atoms with Crippen LogP contribution in [0, 0.1) is 19.3 Å². The van der Waals surface area contributed by atoms with Crippen molar-refractivity contribution in [1.82, 2.24) is 0 Å². The van der Waals surface area contributed by atoms with E-state index >= 15 is 0 Å². The van der Waals surface area contributed by atoms with E-state index in [2.05, 4.69) is 125 Å². The highest BCUT2D eigenvalue weighted by molar-refractivity contribution is 5.48. The molecule has 0 saturated carbocycles. The summed E-state index contributed by atoms with van der Waals surface area (Å²) in [5.74, 6) is 0. The fraction of sp³-hybridized carbons (Fsp3) is 0.500. The second-order valence-corrected chi connectivity index (χ2v) is 11.1. The Morgan fingerprint density at radius 3 is 1.95 bits per heavy atom. The van der Waals surface area contributed by atoms with Crippen LogP contribution in [0.15, 0.2) is 102 Å². The van der Waals surface area contributed by atoms with Gasteiger partial charge in [-0.15, -0.1) is 6.58 Å². The third-order valence-electron chi connectivity index (χ3n) is 6.74. The molecule has 0 spiro atoms. The summed E-state index contributed by atoms with van der Waals surface area (Å²) in [6, 6.07) is 6.67. The van der Waals surface area contributed by atoms with Crippen molar-refractivity contribution in [2.24, 2.45) is 5.41 Å². The first-order valence-corrected chi connectivity index (χ1v) is 15.5. The van der Waals surface area contributed by atoms with Crippen LogP contribution in [0.2, 0.25) is 0 Å². The Morgan fingerprint density at radius 1 is 0.925 bits per heavy atom. The highest BCUT2D eigenvalue weighted by atomic mass is 14.3. The van der Waals surface area contributed by atoms with Gasteiger partial charge in [0.05, 0.1) is 0 Å². The lowest BCUT2D eigenvalue weighted by Crippen LogP contribution is -2.15. The Kier molecular flexibility index (Phi) is 26.6. The van der Waals surface area contributed by atoms with E-state index in [0.717, 1.165) is 11.1 Å². The van der Waals surface area contributed by atoms with Crippen LogP contribution in [-0.4, -0.2) is 0 Å². The first kappa shape index (κ1) is 41.9. The first-order chi connectivity index (χ1) is 18.8. The van der Waals surface area contributed by atoms with Crippen LogP contribution >= 0.6 is 0 Å². The van der Waals surface area contributed by atoms with E-state index in [1.165, 1.54) is 71.9 Å². The molecule has 0 aliphatic rings.